The van der Waals surface area contributed by atoms with Crippen LogP contribution in [-0.4, -0.2) is 118 Å². The topological polar surface area (TPSA) is 407 Å². The fourth-order valence-electron chi connectivity index (χ4n) is 1.27. The number of aromatic carboxylic acids is 4. The third kappa shape index (κ3) is 20.2. The normalized spacial score (nSPS) is 6.79. The Morgan fingerprint density at radius 3 is 0.879 bits per heavy atom. The predicted octanol–water partition coefficient (Wildman–Crippen LogP) is -10.5. The molecule has 0 fully saturated rings. The van der Waals surface area contributed by atoms with E-state index in [0.29, 0.717) is 0 Å². The quantitative estimate of drug-likeness (QED) is 0.297. The molecule has 0 aromatic carbocycles. The van der Waals surface area contributed by atoms with Crippen molar-refractivity contribution in [3.63, 3.8) is 0 Å². The van der Waals surface area contributed by atoms with Gasteiger partial charge >= 0.3 is 62.3 Å². The van der Waals surface area contributed by atoms with Gasteiger partial charge in [-0.25, -0.2) is 0 Å². The predicted molar refractivity (Wildman–Crippen MR) is 96.8 cm³/mol. The van der Waals surface area contributed by atoms with Crippen molar-refractivity contribution < 1.29 is 94.7 Å². The van der Waals surface area contributed by atoms with Crippen LogP contribution in [0.25, 0.3) is 0 Å². The maximum atomic E-state index is 10.2. The average Bonchev–Trinajstić information content (AvgIpc) is 2.55. The van der Waals surface area contributed by atoms with E-state index in [1.54, 1.807) is 0 Å². The number of carbonyl (C=O) groups excluding carboxylic acids is 4. The van der Waals surface area contributed by atoms with E-state index in [4.69, 9.17) is 0 Å². The molecule has 0 amide bonds. The second-order valence-electron chi connectivity index (χ2n) is 4.01. The van der Waals surface area contributed by atoms with E-state index in [1.807, 2.05) is 0 Å². The van der Waals surface area contributed by atoms with Crippen LogP contribution in [0.2, 0.25) is 0 Å². The van der Waals surface area contributed by atoms with Crippen molar-refractivity contribution in [1.82, 2.24) is 9.97 Å². The minimum Gasteiger partial charge on any atom is -0.545 e. The number of hydrogen-bond donors (Lipinski definition) is 0. The van der Waals surface area contributed by atoms with Gasteiger partial charge in [-0.2, -0.15) is 0 Å². The maximum absolute atomic E-state index is 10.2. The SMILES string of the molecule is O.O.O.O.O.O.O.O=C([O-])c1ccc(C(=O)[O-])nc1.O=C([O-])c1ccc(C(=O)[O-])nc1.[Co+2].[Sr+2]. The van der Waals surface area contributed by atoms with Crippen LogP contribution in [0.3, 0.4) is 0 Å². The summed E-state index contributed by atoms with van der Waals surface area (Å²) >= 11 is 0. The molecule has 0 saturated carbocycles. The third-order valence-electron chi connectivity index (χ3n) is 2.42. The van der Waals surface area contributed by atoms with Crippen LogP contribution in [0.5, 0.6) is 0 Å². The molecule has 187 valence electrons. The van der Waals surface area contributed by atoms with Crippen LogP contribution in [0.4, 0.5) is 0 Å². The van der Waals surface area contributed by atoms with E-state index in [2.05, 4.69) is 9.97 Å². The molecule has 0 aliphatic heterocycles. The van der Waals surface area contributed by atoms with Crippen LogP contribution in [0.1, 0.15) is 41.7 Å². The Bertz CT molecular complexity index is 657. The van der Waals surface area contributed by atoms with Crippen molar-refractivity contribution in [3.05, 3.63) is 59.2 Å². The molecule has 1 radical (unpaired) electrons. The Labute approximate surface area is 231 Å². The Morgan fingerprint density at radius 1 is 0.515 bits per heavy atom. The molecule has 33 heavy (non-hydrogen) atoms. The van der Waals surface area contributed by atoms with Crippen LogP contribution >= 0.6 is 0 Å². The Balaban J connectivity index is -0.0000000392. The first-order valence-corrected chi connectivity index (χ1v) is 6.00. The zero-order valence-corrected chi connectivity index (χ0v) is 20.7. The molecule has 0 unspecified atom stereocenters. The molecule has 2 heterocycles. The van der Waals surface area contributed by atoms with Crippen molar-refractivity contribution in [2.75, 3.05) is 0 Å². The van der Waals surface area contributed by atoms with E-state index in [0.717, 1.165) is 36.7 Å². The van der Waals surface area contributed by atoms with Gasteiger partial charge in [0.25, 0.3) is 0 Å². The molecule has 0 aliphatic carbocycles. The van der Waals surface area contributed by atoms with Gasteiger partial charge in [-0.1, -0.05) is 0 Å². The average molecular weight is 603 g/mol. The molecule has 0 saturated heterocycles. The smallest absolute Gasteiger partial charge is 0.545 e. The summed E-state index contributed by atoms with van der Waals surface area (Å²) in [5.74, 6) is -5.68. The van der Waals surface area contributed by atoms with Crippen LogP contribution in [0, 0.1) is 0 Å². The first-order valence-electron chi connectivity index (χ1n) is 6.00. The molecule has 0 bridgehead atoms. The summed E-state index contributed by atoms with van der Waals surface area (Å²) in [6, 6.07) is 4.27. The number of aromatic nitrogens is 2. The third-order valence-corrected chi connectivity index (χ3v) is 2.42. The largest absolute Gasteiger partial charge is 2.00 e. The van der Waals surface area contributed by atoms with Crippen molar-refractivity contribution in [2.24, 2.45) is 0 Å². The Morgan fingerprint density at radius 2 is 0.758 bits per heavy atom. The summed E-state index contributed by atoms with van der Waals surface area (Å²) in [6.07, 6.45) is 1.81. The van der Waals surface area contributed by atoms with Crippen molar-refractivity contribution in [1.29, 1.82) is 0 Å². The zero-order valence-electron chi connectivity index (χ0n) is 16.2. The summed E-state index contributed by atoms with van der Waals surface area (Å²) in [6.45, 7) is 0. The number of nitrogens with zero attached hydrogens (tertiary/aromatic N) is 2. The molecular weight excluding hydrogens is 583 g/mol. The van der Waals surface area contributed by atoms with Gasteiger partial charge in [-0.05, 0) is 24.3 Å². The van der Waals surface area contributed by atoms with E-state index in [-0.39, 0.29) is 123 Å². The summed E-state index contributed by atoms with van der Waals surface area (Å²) in [5.41, 5.74) is -0.944. The Hall–Kier alpha value is -2.11. The number of carbonyl (C=O) groups is 4. The van der Waals surface area contributed by atoms with E-state index >= 15 is 0 Å². The van der Waals surface area contributed by atoms with Crippen molar-refractivity contribution in [2.45, 2.75) is 0 Å². The molecule has 0 spiro atoms. The van der Waals surface area contributed by atoms with E-state index < -0.39 is 23.9 Å². The molecule has 0 aliphatic rings. The summed E-state index contributed by atoms with van der Waals surface area (Å²) < 4.78 is 0. The minimum absolute atomic E-state index is 0. The molecule has 0 atom stereocenters. The van der Waals surface area contributed by atoms with Gasteiger partial charge in [0.1, 0.15) is 0 Å². The van der Waals surface area contributed by atoms with Gasteiger partial charge in [0.05, 0.1) is 35.3 Å². The van der Waals surface area contributed by atoms with Gasteiger partial charge in [-0.15, -0.1) is 0 Å². The zero-order chi connectivity index (χ0) is 18.3. The molecule has 17 nitrogen and oxygen atoms in total. The molecule has 2 rings (SSSR count). The van der Waals surface area contributed by atoms with E-state index in [9.17, 15) is 39.6 Å². The molecule has 2 aromatic rings. The minimum atomic E-state index is -1.44. The summed E-state index contributed by atoms with van der Waals surface area (Å²) in [7, 11) is 0. The van der Waals surface area contributed by atoms with Gasteiger partial charge in [0, 0.05) is 23.5 Å². The molecule has 19 heteroatoms. The molecular formula is C14H20CoN2O15Sr. The van der Waals surface area contributed by atoms with Crippen LogP contribution in [-0.2, 0) is 16.8 Å². The number of hydrogen-bond acceptors (Lipinski definition) is 10. The van der Waals surface area contributed by atoms with E-state index in [1.165, 1.54) is 0 Å². The second-order valence-corrected chi connectivity index (χ2v) is 4.01. The number of pyridine rings is 2. The van der Waals surface area contributed by atoms with Crippen molar-refractivity contribution >= 4 is 69.4 Å². The fourth-order valence-corrected chi connectivity index (χ4v) is 1.27. The first-order chi connectivity index (χ1) is 11.2. The van der Waals surface area contributed by atoms with Crippen molar-refractivity contribution in [3.8, 4) is 0 Å². The number of carboxylic acid groups (broad SMARTS) is 4. The summed E-state index contributed by atoms with van der Waals surface area (Å²) in [5, 5.41) is 40.6. The monoisotopic (exact) mass is 603 g/mol. The summed E-state index contributed by atoms with van der Waals surface area (Å²) in [4.78, 5) is 47.3. The van der Waals surface area contributed by atoms with Gasteiger partial charge in [0.2, 0.25) is 0 Å². The molecule has 14 N–H and O–H groups in total. The first kappa shape index (κ1) is 57.6. The standard InChI is InChI=1S/2C7H5NO4.Co.7H2O.Sr/c2*9-6(10)4-1-2-5(7(11)12)8-3-4;;;;;;;;;/h2*1-3H,(H,9,10)(H,11,12);;7*1H2;/q;;+2;;;;;;;;+2/p-4. The van der Waals surface area contributed by atoms with Gasteiger partial charge in [0.15, 0.2) is 0 Å². The Kier molecular flexibility index (Phi) is 48.7. The van der Waals surface area contributed by atoms with Gasteiger partial charge < -0.3 is 77.9 Å². The van der Waals surface area contributed by atoms with Crippen LogP contribution < -0.4 is 20.4 Å². The maximum Gasteiger partial charge on any atom is 2.00 e. The fraction of sp³-hybridized carbons (Fsp3) is 0. The number of rotatable bonds is 4. The second kappa shape index (κ2) is 27.9. The van der Waals surface area contributed by atoms with Crippen LogP contribution in [0.15, 0.2) is 36.7 Å². The number of carboxylic acids is 4. The molecule has 2 aromatic heterocycles. The van der Waals surface area contributed by atoms with Gasteiger partial charge in [-0.3, -0.25) is 9.97 Å².